The van der Waals surface area contributed by atoms with Gasteiger partial charge in [0.1, 0.15) is 12.4 Å². The minimum Gasteiger partial charge on any atom is -0.491 e. The van der Waals surface area contributed by atoms with E-state index in [0.717, 1.165) is 31.4 Å². The van der Waals surface area contributed by atoms with Crippen LogP contribution in [0.2, 0.25) is 0 Å². The summed E-state index contributed by atoms with van der Waals surface area (Å²) in [6.07, 6.45) is 3.14. The third kappa shape index (κ3) is 4.21. The second kappa shape index (κ2) is 7.87. The van der Waals surface area contributed by atoms with Gasteiger partial charge in [-0.05, 0) is 25.5 Å². The van der Waals surface area contributed by atoms with E-state index in [1.165, 1.54) is 0 Å². The summed E-state index contributed by atoms with van der Waals surface area (Å²) in [6.45, 7) is 1.59. The summed E-state index contributed by atoms with van der Waals surface area (Å²) < 4.78 is 5.45. The molecule has 110 valence electrons. The van der Waals surface area contributed by atoms with Crippen LogP contribution in [-0.4, -0.2) is 36.8 Å². The van der Waals surface area contributed by atoms with Crippen molar-refractivity contribution >= 4 is 5.91 Å². The maximum Gasteiger partial charge on any atom is 0.237 e. The number of piperidine rings is 1. The van der Waals surface area contributed by atoms with Gasteiger partial charge in [-0.15, -0.1) is 0 Å². The van der Waals surface area contributed by atoms with Crippen molar-refractivity contribution in [3.05, 3.63) is 29.8 Å². The third-order valence-electron chi connectivity index (χ3n) is 3.40. The lowest BCUT2D eigenvalue weighted by Gasteiger charge is -2.22. The Balaban J connectivity index is 1.87. The van der Waals surface area contributed by atoms with Crippen molar-refractivity contribution in [2.45, 2.75) is 31.8 Å². The van der Waals surface area contributed by atoms with Gasteiger partial charge in [-0.1, -0.05) is 24.6 Å². The van der Waals surface area contributed by atoms with Crippen LogP contribution in [0.4, 0.5) is 0 Å². The number of amides is 1. The van der Waals surface area contributed by atoms with E-state index in [0.29, 0.717) is 12.3 Å². The van der Waals surface area contributed by atoms with Crippen LogP contribution in [0, 0.1) is 0 Å². The predicted molar refractivity (Wildman–Crippen MR) is 76.5 cm³/mol. The van der Waals surface area contributed by atoms with Gasteiger partial charge >= 0.3 is 0 Å². The van der Waals surface area contributed by atoms with Crippen molar-refractivity contribution in [2.24, 2.45) is 0 Å². The largest absolute Gasteiger partial charge is 0.491 e. The lowest BCUT2D eigenvalue weighted by atomic mass is 10.0. The molecule has 3 N–H and O–H groups in total. The SMILES string of the molecule is O=C(NCc1ccccc1OCCO)C1CCCCN1. The van der Waals surface area contributed by atoms with Gasteiger partial charge in [0.2, 0.25) is 5.91 Å². The molecule has 5 nitrogen and oxygen atoms in total. The minimum absolute atomic E-state index is 0.0211. The van der Waals surface area contributed by atoms with Crippen LogP contribution in [-0.2, 0) is 11.3 Å². The van der Waals surface area contributed by atoms with E-state index in [2.05, 4.69) is 10.6 Å². The molecule has 1 aromatic carbocycles. The molecule has 1 atom stereocenters. The van der Waals surface area contributed by atoms with Crippen molar-refractivity contribution in [3.8, 4) is 5.75 Å². The fourth-order valence-electron chi connectivity index (χ4n) is 2.33. The van der Waals surface area contributed by atoms with E-state index in [1.54, 1.807) is 0 Å². The number of hydrogen-bond donors (Lipinski definition) is 3. The van der Waals surface area contributed by atoms with Gasteiger partial charge in [0.15, 0.2) is 0 Å². The number of aliphatic hydroxyl groups excluding tert-OH is 1. The van der Waals surface area contributed by atoms with E-state index >= 15 is 0 Å². The smallest absolute Gasteiger partial charge is 0.237 e. The summed E-state index contributed by atoms with van der Waals surface area (Å²) in [5.41, 5.74) is 0.921. The number of ether oxygens (including phenoxy) is 1. The first-order chi connectivity index (χ1) is 9.81. The third-order valence-corrected chi connectivity index (χ3v) is 3.40. The lowest BCUT2D eigenvalue weighted by molar-refractivity contribution is -0.123. The molecule has 1 amide bonds. The fraction of sp³-hybridized carbons (Fsp3) is 0.533. The number of para-hydroxylation sites is 1. The van der Waals surface area contributed by atoms with Crippen LogP contribution in [0.15, 0.2) is 24.3 Å². The zero-order valence-electron chi connectivity index (χ0n) is 11.6. The van der Waals surface area contributed by atoms with Crippen molar-refractivity contribution in [2.75, 3.05) is 19.8 Å². The number of hydrogen-bond acceptors (Lipinski definition) is 4. The van der Waals surface area contributed by atoms with Crippen LogP contribution in [0.25, 0.3) is 0 Å². The highest BCUT2D eigenvalue weighted by molar-refractivity contribution is 5.81. The highest BCUT2D eigenvalue weighted by Gasteiger charge is 2.20. The normalized spacial score (nSPS) is 18.6. The zero-order chi connectivity index (χ0) is 14.2. The Hall–Kier alpha value is -1.59. The van der Waals surface area contributed by atoms with Crippen molar-refractivity contribution < 1.29 is 14.6 Å². The van der Waals surface area contributed by atoms with Gasteiger partial charge in [0, 0.05) is 12.1 Å². The molecule has 1 heterocycles. The molecule has 0 aliphatic carbocycles. The highest BCUT2D eigenvalue weighted by atomic mass is 16.5. The molecule has 0 bridgehead atoms. The Labute approximate surface area is 119 Å². The van der Waals surface area contributed by atoms with Crippen molar-refractivity contribution in [1.29, 1.82) is 0 Å². The van der Waals surface area contributed by atoms with Gasteiger partial charge in [-0.25, -0.2) is 0 Å². The molecule has 1 aromatic rings. The molecular weight excluding hydrogens is 256 g/mol. The Kier molecular flexibility index (Phi) is 5.83. The van der Waals surface area contributed by atoms with Gasteiger partial charge in [0.05, 0.1) is 12.6 Å². The van der Waals surface area contributed by atoms with Crippen molar-refractivity contribution in [3.63, 3.8) is 0 Å². The number of carbonyl (C=O) groups is 1. The first-order valence-corrected chi connectivity index (χ1v) is 7.14. The summed E-state index contributed by atoms with van der Waals surface area (Å²) in [6, 6.07) is 7.47. The van der Waals surface area contributed by atoms with E-state index in [9.17, 15) is 4.79 Å². The topological polar surface area (TPSA) is 70.6 Å². The minimum atomic E-state index is -0.0747. The molecule has 1 fully saturated rings. The van der Waals surface area contributed by atoms with E-state index in [-0.39, 0.29) is 25.2 Å². The lowest BCUT2D eigenvalue weighted by Crippen LogP contribution is -2.46. The summed E-state index contributed by atoms with van der Waals surface area (Å²) >= 11 is 0. The predicted octanol–water partition coefficient (Wildman–Crippen LogP) is 0.816. The molecule has 0 saturated carbocycles. The maximum atomic E-state index is 12.0. The Morgan fingerprint density at radius 2 is 2.25 bits per heavy atom. The standard InChI is InChI=1S/C15H22N2O3/c18-9-10-20-14-7-2-1-5-12(14)11-17-15(19)13-6-3-4-8-16-13/h1-2,5,7,13,16,18H,3-4,6,8-11H2,(H,17,19). The zero-order valence-corrected chi connectivity index (χ0v) is 11.6. The molecule has 1 saturated heterocycles. The van der Waals surface area contributed by atoms with Gasteiger partial charge in [0.25, 0.3) is 0 Å². The molecule has 5 heteroatoms. The number of rotatable bonds is 6. The van der Waals surface area contributed by atoms with Crippen LogP contribution < -0.4 is 15.4 Å². The van der Waals surface area contributed by atoms with Gasteiger partial charge < -0.3 is 20.5 Å². The number of aliphatic hydroxyl groups is 1. The number of nitrogens with one attached hydrogen (secondary N) is 2. The van der Waals surface area contributed by atoms with Crippen molar-refractivity contribution in [1.82, 2.24) is 10.6 Å². The molecule has 0 radical (unpaired) electrons. The first kappa shape index (κ1) is 14.8. The molecule has 2 rings (SSSR count). The average Bonchev–Trinajstić information content (AvgIpc) is 2.52. The fourth-order valence-corrected chi connectivity index (χ4v) is 2.33. The molecular formula is C15H22N2O3. The van der Waals surface area contributed by atoms with E-state index in [1.807, 2.05) is 24.3 Å². The quantitative estimate of drug-likeness (QED) is 0.720. The maximum absolute atomic E-state index is 12.0. The van der Waals surface area contributed by atoms with Gasteiger partial charge in [-0.2, -0.15) is 0 Å². The summed E-state index contributed by atoms with van der Waals surface area (Å²) in [5.74, 6) is 0.750. The molecule has 1 aliphatic heterocycles. The summed E-state index contributed by atoms with van der Waals surface area (Å²) in [4.78, 5) is 12.0. The van der Waals surface area contributed by atoms with Gasteiger partial charge in [-0.3, -0.25) is 4.79 Å². The average molecular weight is 278 g/mol. The van der Waals surface area contributed by atoms with Crippen LogP contribution in [0.3, 0.4) is 0 Å². The number of benzene rings is 1. The number of carbonyl (C=O) groups excluding carboxylic acids is 1. The monoisotopic (exact) mass is 278 g/mol. The second-order valence-electron chi connectivity index (χ2n) is 4.90. The second-order valence-corrected chi connectivity index (χ2v) is 4.90. The Morgan fingerprint density at radius 3 is 3.00 bits per heavy atom. The molecule has 0 spiro atoms. The highest BCUT2D eigenvalue weighted by Crippen LogP contribution is 2.17. The molecule has 20 heavy (non-hydrogen) atoms. The summed E-state index contributed by atoms with van der Waals surface area (Å²) in [5, 5.41) is 15.0. The Morgan fingerprint density at radius 1 is 1.40 bits per heavy atom. The Bertz CT molecular complexity index is 431. The molecule has 0 aromatic heterocycles. The first-order valence-electron chi connectivity index (χ1n) is 7.14. The van der Waals surface area contributed by atoms with Crippen LogP contribution >= 0.6 is 0 Å². The van der Waals surface area contributed by atoms with Crippen LogP contribution in [0.5, 0.6) is 5.75 Å². The summed E-state index contributed by atoms with van der Waals surface area (Å²) in [7, 11) is 0. The van der Waals surface area contributed by atoms with E-state index in [4.69, 9.17) is 9.84 Å². The molecule has 1 unspecified atom stereocenters. The van der Waals surface area contributed by atoms with Crippen LogP contribution in [0.1, 0.15) is 24.8 Å². The van der Waals surface area contributed by atoms with E-state index < -0.39 is 0 Å². The molecule has 1 aliphatic rings.